The van der Waals surface area contributed by atoms with Gasteiger partial charge in [-0.1, -0.05) is 0 Å². The molecule has 1 amide bonds. The zero-order valence-corrected chi connectivity index (χ0v) is 16.6. The van der Waals surface area contributed by atoms with E-state index < -0.39 is 21.7 Å². The highest BCUT2D eigenvalue weighted by Crippen LogP contribution is 2.19. The Morgan fingerprint density at radius 1 is 1.07 bits per heavy atom. The number of hydrogen-bond donors (Lipinski definition) is 2. The third-order valence-electron chi connectivity index (χ3n) is 3.75. The monoisotopic (exact) mass is 445 g/mol. The first-order chi connectivity index (χ1) is 14.4. The third kappa shape index (κ3) is 4.31. The van der Waals surface area contributed by atoms with Crippen molar-refractivity contribution >= 4 is 38.1 Å². The number of rotatable bonds is 6. The molecule has 2 heterocycles. The predicted molar refractivity (Wildman–Crippen MR) is 106 cm³/mol. The van der Waals surface area contributed by atoms with Crippen molar-refractivity contribution in [2.24, 2.45) is 0 Å². The van der Waals surface area contributed by atoms with E-state index in [4.69, 9.17) is 0 Å². The summed E-state index contributed by atoms with van der Waals surface area (Å²) < 4.78 is 40.0. The molecule has 0 aliphatic carbocycles. The quantitative estimate of drug-likeness (QED) is 0.465. The SMILES string of the molecule is O=C(Nc1ccc(S(=O)(=O)Nc2nccs2)cc1)c1nnn(-c2ccc(F)cc2)n1. The van der Waals surface area contributed by atoms with Gasteiger partial charge in [-0.3, -0.25) is 9.52 Å². The van der Waals surface area contributed by atoms with Crippen LogP contribution in [0.5, 0.6) is 0 Å². The van der Waals surface area contributed by atoms with E-state index in [1.165, 1.54) is 54.7 Å². The number of carbonyl (C=O) groups excluding carboxylic acids is 1. The molecule has 30 heavy (non-hydrogen) atoms. The summed E-state index contributed by atoms with van der Waals surface area (Å²) in [7, 11) is -3.79. The highest BCUT2D eigenvalue weighted by atomic mass is 32.2. The lowest BCUT2D eigenvalue weighted by Gasteiger charge is -2.07. The number of benzene rings is 2. The summed E-state index contributed by atoms with van der Waals surface area (Å²) in [5, 5.41) is 15.8. The number of tetrazole rings is 1. The van der Waals surface area contributed by atoms with E-state index in [0.717, 1.165) is 16.1 Å². The maximum Gasteiger partial charge on any atom is 0.297 e. The average Bonchev–Trinajstić information content (AvgIpc) is 3.41. The Labute approximate surface area is 173 Å². The molecule has 0 aliphatic heterocycles. The fourth-order valence-corrected chi connectivity index (χ4v) is 4.13. The van der Waals surface area contributed by atoms with Crippen LogP contribution in [0.15, 0.2) is 65.0 Å². The molecule has 4 aromatic rings. The first kappa shape index (κ1) is 19.6. The molecular weight excluding hydrogens is 433 g/mol. The topological polar surface area (TPSA) is 132 Å². The summed E-state index contributed by atoms with van der Waals surface area (Å²) in [6, 6.07) is 10.9. The molecule has 2 N–H and O–H groups in total. The molecular formula is C17H12FN7O3S2. The Bertz CT molecular complexity index is 1270. The second kappa shape index (κ2) is 7.96. The zero-order valence-electron chi connectivity index (χ0n) is 14.9. The fourth-order valence-electron chi connectivity index (χ4n) is 2.34. The molecule has 10 nitrogen and oxygen atoms in total. The number of nitrogens with one attached hydrogen (secondary N) is 2. The zero-order chi connectivity index (χ0) is 21.1. The van der Waals surface area contributed by atoms with Gasteiger partial charge in [0.25, 0.3) is 21.8 Å². The summed E-state index contributed by atoms with van der Waals surface area (Å²) in [5.41, 5.74) is 0.775. The molecule has 2 aromatic heterocycles. The van der Waals surface area contributed by atoms with Crippen LogP contribution >= 0.6 is 11.3 Å². The molecule has 0 spiro atoms. The van der Waals surface area contributed by atoms with E-state index in [2.05, 4.69) is 30.4 Å². The van der Waals surface area contributed by atoms with Crippen LogP contribution in [-0.2, 0) is 10.0 Å². The second-order valence-electron chi connectivity index (χ2n) is 5.80. The Hall–Kier alpha value is -3.71. The molecule has 152 valence electrons. The first-order valence-electron chi connectivity index (χ1n) is 8.30. The van der Waals surface area contributed by atoms with Crippen LogP contribution in [0.4, 0.5) is 15.2 Å². The van der Waals surface area contributed by atoms with Gasteiger partial charge in [0, 0.05) is 17.3 Å². The van der Waals surface area contributed by atoms with E-state index in [0.29, 0.717) is 11.4 Å². The van der Waals surface area contributed by atoms with Crippen molar-refractivity contribution in [1.29, 1.82) is 0 Å². The Balaban J connectivity index is 1.44. The summed E-state index contributed by atoms with van der Waals surface area (Å²) in [5.74, 6) is -1.26. The lowest BCUT2D eigenvalue weighted by atomic mass is 10.3. The van der Waals surface area contributed by atoms with Gasteiger partial charge in [-0.15, -0.1) is 26.3 Å². The van der Waals surface area contributed by atoms with Gasteiger partial charge in [0.1, 0.15) is 5.82 Å². The molecule has 0 aliphatic rings. The number of anilines is 2. The van der Waals surface area contributed by atoms with Crippen molar-refractivity contribution in [1.82, 2.24) is 25.2 Å². The highest BCUT2D eigenvalue weighted by Gasteiger charge is 2.17. The minimum absolute atomic E-state index is 0.0103. The van der Waals surface area contributed by atoms with Crippen molar-refractivity contribution < 1.29 is 17.6 Å². The number of sulfonamides is 1. The number of halogens is 1. The maximum absolute atomic E-state index is 13.0. The van der Waals surface area contributed by atoms with E-state index in [1.807, 2.05) is 0 Å². The lowest BCUT2D eigenvalue weighted by molar-refractivity contribution is 0.101. The molecule has 0 unspecified atom stereocenters. The molecule has 2 aromatic carbocycles. The highest BCUT2D eigenvalue weighted by molar-refractivity contribution is 7.93. The molecule has 0 saturated carbocycles. The van der Waals surface area contributed by atoms with Gasteiger partial charge in [0.2, 0.25) is 0 Å². The predicted octanol–water partition coefficient (Wildman–Crippen LogP) is 2.31. The molecule has 0 bridgehead atoms. The van der Waals surface area contributed by atoms with Gasteiger partial charge in [0.15, 0.2) is 5.13 Å². The number of aromatic nitrogens is 5. The second-order valence-corrected chi connectivity index (χ2v) is 8.38. The van der Waals surface area contributed by atoms with Crippen LogP contribution < -0.4 is 10.0 Å². The molecule has 0 radical (unpaired) electrons. The van der Waals surface area contributed by atoms with Crippen LogP contribution in [0, 0.1) is 5.82 Å². The van der Waals surface area contributed by atoms with Crippen LogP contribution in [0.25, 0.3) is 5.69 Å². The standard InChI is InChI=1S/C17H12FN7O3S2/c18-11-1-5-13(6-2-11)25-22-15(21-24-25)16(26)20-12-3-7-14(8-4-12)30(27,28)23-17-19-9-10-29-17/h1-10H,(H,19,23)(H,20,26). The summed E-state index contributed by atoms with van der Waals surface area (Å²) in [6.07, 6.45) is 1.49. The van der Waals surface area contributed by atoms with E-state index >= 15 is 0 Å². The van der Waals surface area contributed by atoms with Gasteiger partial charge < -0.3 is 5.32 Å². The van der Waals surface area contributed by atoms with Gasteiger partial charge in [0.05, 0.1) is 10.6 Å². The molecule has 4 rings (SSSR count). The van der Waals surface area contributed by atoms with Crippen molar-refractivity contribution in [2.75, 3.05) is 10.0 Å². The summed E-state index contributed by atoms with van der Waals surface area (Å²) >= 11 is 1.16. The number of nitrogens with zero attached hydrogens (tertiary/aromatic N) is 5. The van der Waals surface area contributed by atoms with Crippen molar-refractivity contribution in [2.45, 2.75) is 4.90 Å². The molecule has 13 heteroatoms. The van der Waals surface area contributed by atoms with Crippen LogP contribution in [0.3, 0.4) is 0 Å². The molecule has 0 atom stereocenters. The summed E-state index contributed by atoms with van der Waals surface area (Å²) in [4.78, 5) is 17.3. The van der Waals surface area contributed by atoms with Gasteiger partial charge in [-0.25, -0.2) is 17.8 Å². The van der Waals surface area contributed by atoms with Crippen molar-refractivity contribution in [3.63, 3.8) is 0 Å². The van der Waals surface area contributed by atoms with E-state index in [9.17, 15) is 17.6 Å². The minimum Gasteiger partial charge on any atom is -0.319 e. The number of hydrogen-bond acceptors (Lipinski definition) is 8. The minimum atomic E-state index is -3.79. The normalized spacial score (nSPS) is 11.2. The van der Waals surface area contributed by atoms with Crippen LogP contribution in [0.2, 0.25) is 0 Å². The molecule has 0 saturated heterocycles. The average molecular weight is 445 g/mol. The lowest BCUT2D eigenvalue weighted by Crippen LogP contribution is -2.15. The van der Waals surface area contributed by atoms with Gasteiger partial charge >= 0.3 is 0 Å². The third-order valence-corrected chi connectivity index (χ3v) is 5.92. The smallest absolute Gasteiger partial charge is 0.297 e. The van der Waals surface area contributed by atoms with Crippen LogP contribution in [-0.4, -0.2) is 39.5 Å². The van der Waals surface area contributed by atoms with E-state index in [-0.39, 0.29) is 15.9 Å². The molecule has 0 fully saturated rings. The van der Waals surface area contributed by atoms with Gasteiger partial charge in [-0.2, -0.15) is 0 Å². The maximum atomic E-state index is 13.0. The Morgan fingerprint density at radius 3 is 2.47 bits per heavy atom. The largest absolute Gasteiger partial charge is 0.319 e. The first-order valence-corrected chi connectivity index (χ1v) is 10.7. The number of amides is 1. The van der Waals surface area contributed by atoms with E-state index in [1.54, 1.807) is 5.38 Å². The van der Waals surface area contributed by atoms with Crippen molar-refractivity contribution in [3.05, 3.63) is 71.7 Å². The number of carbonyl (C=O) groups is 1. The summed E-state index contributed by atoms with van der Waals surface area (Å²) in [6.45, 7) is 0. The number of thiazole rings is 1. The van der Waals surface area contributed by atoms with Crippen molar-refractivity contribution in [3.8, 4) is 5.69 Å². The Kier molecular flexibility index (Phi) is 5.20. The Morgan fingerprint density at radius 2 is 1.80 bits per heavy atom. The van der Waals surface area contributed by atoms with Gasteiger partial charge in [-0.05, 0) is 53.7 Å². The van der Waals surface area contributed by atoms with Crippen LogP contribution in [0.1, 0.15) is 10.6 Å². The fraction of sp³-hybridized carbons (Fsp3) is 0.